The van der Waals surface area contributed by atoms with Crippen molar-refractivity contribution in [1.82, 2.24) is 9.80 Å². The lowest BCUT2D eigenvalue weighted by molar-refractivity contribution is 0.0628. The number of piperazine rings is 1. The molecular formula is C35H42N4O3S. The molecule has 3 aliphatic rings. The Morgan fingerprint density at radius 3 is 2.33 bits per heavy atom. The molecule has 1 amide bonds. The molecule has 2 aliphatic carbocycles. The lowest BCUT2D eigenvalue weighted by Crippen LogP contribution is -2.48. The Kier molecular flexibility index (Phi) is 9.18. The second kappa shape index (κ2) is 12.9. The number of carbonyl (C=O) groups excluding carboxylic acids is 1. The zero-order chi connectivity index (χ0) is 30.6. The number of amides is 1. The average Bonchev–Trinajstić information content (AvgIpc) is 2.97. The van der Waals surface area contributed by atoms with E-state index in [1.807, 2.05) is 4.90 Å². The molecule has 0 bridgehead atoms. The third-order valence-corrected chi connectivity index (χ3v) is 10.2. The fourth-order valence-corrected chi connectivity index (χ4v) is 7.31. The van der Waals surface area contributed by atoms with Gasteiger partial charge in [-0.15, -0.1) is 0 Å². The molecule has 1 saturated heterocycles. The van der Waals surface area contributed by atoms with Crippen molar-refractivity contribution in [2.24, 2.45) is 10.9 Å². The zero-order valence-electron chi connectivity index (χ0n) is 25.3. The molecule has 0 radical (unpaired) electrons. The van der Waals surface area contributed by atoms with Crippen LogP contribution in [-0.2, 0) is 22.0 Å². The molecule has 0 atom stereocenters. The maximum absolute atomic E-state index is 13.2. The molecular weight excluding hydrogens is 556 g/mol. The Morgan fingerprint density at radius 2 is 1.72 bits per heavy atom. The Hall–Kier alpha value is -3.75. The summed E-state index contributed by atoms with van der Waals surface area (Å²) in [6, 6.07) is 15.6. The fraction of sp³-hybridized carbons (Fsp3) is 0.371. The van der Waals surface area contributed by atoms with Gasteiger partial charge in [-0.25, -0.2) is 8.42 Å². The smallest absolute Gasteiger partial charge is 0.264 e. The van der Waals surface area contributed by atoms with E-state index in [-0.39, 0.29) is 21.9 Å². The van der Waals surface area contributed by atoms with Crippen molar-refractivity contribution in [1.29, 1.82) is 0 Å². The van der Waals surface area contributed by atoms with E-state index in [0.717, 1.165) is 25.6 Å². The summed E-state index contributed by atoms with van der Waals surface area (Å²) in [6.07, 6.45) is 11.5. The van der Waals surface area contributed by atoms with Gasteiger partial charge in [0.05, 0.1) is 5.71 Å². The topological polar surface area (TPSA) is 82.1 Å². The standard InChI is InChI=1S/C35H42N4O3S/c1-5-36-33-26(2)8-6-11-32(33)43(41,42)37-31-18-14-29(15-19-31)34(40)39-22-20-38(21-23-39)25-28-12-16-30(17-13-28)35(3,4)24-27-9-7-10-27/h5-6,8,11-19,27,37H,1-2,7,9-10,20-25H2,3-4H3. The van der Waals surface area contributed by atoms with Gasteiger partial charge < -0.3 is 4.90 Å². The monoisotopic (exact) mass is 598 g/mol. The second-order valence-electron chi connectivity index (χ2n) is 12.4. The predicted molar refractivity (Wildman–Crippen MR) is 176 cm³/mol. The number of sulfonamides is 1. The summed E-state index contributed by atoms with van der Waals surface area (Å²) < 4.78 is 28.7. The van der Waals surface area contributed by atoms with Crippen LogP contribution in [0.3, 0.4) is 0 Å². The number of anilines is 1. The van der Waals surface area contributed by atoms with Crippen LogP contribution in [0, 0.1) is 5.92 Å². The van der Waals surface area contributed by atoms with E-state index in [2.05, 4.69) is 65.9 Å². The first-order chi connectivity index (χ1) is 20.6. The number of rotatable bonds is 10. The number of hydrogen-bond acceptors (Lipinski definition) is 5. The number of nitrogens with zero attached hydrogens (tertiary/aromatic N) is 3. The third kappa shape index (κ3) is 7.25. The van der Waals surface area contributed by atoms with Crippen molar-refractivity contribution in [2.75, 3.05) is 30.9 Å². The minimum absolute atomic E-state index is 0.0154. The molecule has 7 nitrogen and oxygen atoms in total. The van der Waals surface area contributed by atoms with Gasteiger partial charge in [0.2, 0.25) is 0 Å². The highest BCUT2D eigenvalue weighted by Crippen LogP contribution is 2.39. The van der Waals surface area contributed by atoms with Crippen LogP contribution in [0.4, 0.5) is 5.69 Å². The number of carbonyl (C=O) groups is 1. The summed E-state index contributed by atoms with van der Waals surface area (Å²) in [4.78, 5) is 21.6. The first kappa shape index (κ1) is 30.7. The van der Waals surface area contributed by atoms with Crippen molar-refractivity contribution in [3.63, 3.8) is 0 Å². The van der Waals surface area contributed by atoms with Crippen LogP contribution in [0.1, 0.15) is 61.0 Å². The van der Waals surface area contributed by atoms with Crippen molar-refractivity contribution in [3.05, 3.63) is 113 Å². The molecule has 43 heavy (non-hydrogen) atoms. The first-order valence-corrected chi connectivity index (χ1v) is 16.5. The molecule has 1 N–H and O–H groups in total. The Labute approximate surface area is 256 Å². The highest BCUT2D eigenvalue weighted by Gasteiger charge is 2.29. The molecule has 1 heterocycles. The summed E-state index contributed by atoms with van der Waals surface area (Å²) in [5.74, 6) is 0.831. The average molecular weight is 599 g/mol. The Balaban J connectivity index is 1.13. The second-order valence-corrected chi connectivity index (χ2v) is 14.1. The minimum atomic E-state index is -3.92. The lowest BCUT2D eigenvalue weighted by atomic mass is 9.70. The Bertz CT molecular complexity index is 1560. The summed E-state index contributed by atoms with van der Waals surface area (Å²) in [6.45, 7) is 15.9. The molecule has 2 aromatic carbocycles. The summed E-state index contributed by atoms with van der Waals surface area (Å²) in [7, 11) is -3.92. The normalized spacial score (nSPS) is 19.2. The van der Waals surface area contributed by atoms with Crippen LogP contribution in [0.5, 0.6) is 0 Å². The molecule has 1 aliphatic heterocycles. The maximum atomic E-state index is 13.2. The van der Waals surface area contributed by atoms with Crippen LogP contribution in [0.15, 0.2) is 102 Å². The van der Waals surface area contributed by atoms with Crippen molar-refractivity contribution in [2.45, 2.75) is 51.5 Å². The van der Waals surface area contributed by atoms with Gasteiger partial charge in [-0.3, -0.25) is 19.4 Å². The minimum Gasteiger partial charge on any atom is -0.336 e. The molecule has 2 fully saturated rings. The number of hydrogen-bond donors (Lipinski definition) is 1. The maximum Gasteiger partial charge on any atom is 0.264 e. The number of benzene rings is 2. The molecule has 0 spiro atoms. The van der Waals surface area contributed by atoms with Gasteiger partial charge >= 0.3 is 0 Å². The van der Waals surface area contributed by atoms with E-state index in [9.17, 15) is 13.2 Å². The van der Waals surface area contributed by atoms with Gasteiger partial charge in [-0.1, -0.05) is 82.7 Å². The molecule has 0 unspecified atom stereocenters. The molecule has 5 rings (SSSR count). The molecule has 2 aromatic rings. The first-order valence-electron chi connectivity index (χ1n) is 15.1. The van der Waals surface area contributed by atoms with Gasteiger partial charge in [-0.2, -0.15) is 0 Å². The van der Waals surface area contributed by atoms with E-state index in [0.29, 0.717) is 29.9 Å². The largest absolute Gasteiger partial charge is 0.336 e. The highest BCUT2D eigenvalue weighted by molar-refractivity contribution is 7.97. The molecule has 0 aromatic heterocycles. The van der Waals surface area contributed by atoms with Gasteiger partial charge in [-0.05, 0) is 64.8 Å². The number of allylic oxidation sites excluding steroid dienone is 5. The predicted octanol–water partition coefficient (Wildman–Crippen LogP) is 6.45. The summed E-state index contributed by atoms with van der Waals surface area (Å²) in [5, 5.41) is 0. The van der Waals surface area contributed by atoms with Crippen molar-refractivity contribution in [3.8, 4) is 0 Å². The van der Waals surface area contributed by atoms with Crippen molar-refractivity contribution >= 4 is 27.3 Å². The van der Waals surface area contributed by atoms with Gasteiger partial charge in [0.25, 0.3) is 15.9 Å². The number of nitrogens with one attached hydrogen (secondary N) is 1. The van der Waals surface area contributed by atoms with E-state index in [1.165, 1.54) is 49.1 Å². The van der Waals surface area contributed by atoms with Gasteiger partial charge in [0.15, 0.2) is 0 Å². The van der Waals surface area contributed by atoms with E-state index in [4.69, 9.17) is 0 Å². The van der Waals surface area contributed by atoms with Crippen molar-refractivity contribution < 1.29 is 13.2 Å². The summed E-state index contributed by atoms with van der Waals surface area (Å²) >= 11 is 0. The van der Waals surface area contributed by atoms with Crippen LogP contribution < -0.4 is 4.72 Å². The molecule has 8 heteroatoms. The van der Waals surface area contributed by atoms with E-state index >= 15 is 0 Å². The molecule has 1 saturated carbocycles. The van der Waals surface area contributed by atoms with Crippen LogP contribution in [0.2, 0.25) is 0 Å². The quantitative estimate of drug-likeness (QED) is 0.341. The Morgan fingerprint density at radius 1 is 1.05 bits per heavy atom. The third-order valence-electron chi connectivity index (χ3n) is 8.80. The van der Waals surface area contributed by atoms with E-state index < -0.39 is 10.0 Å². The summed E-state index contributed by atoms with van der Waals surface area (Å²) in [5.41, 5.74) is 4.54. The van der Waals surface area contributed by atoms with Crippen LogP contribution in [0.25, 0.3) is 0 Å². The van der Waals surface area contributed by atoms with Gasteiger partial charge in [0, 0.05) is 50.2 Å². The lowest BCUT2D eigenvalue weighted by Gasteiger charge is -2.36. The van der Waals surface area contributed by atoms with Gasteiger partial charge in [0.1, 0.15) is 4.91 Å². The van der Waals surface area contributed by atoms with E-state index in [1.54, 1.807) is 36.4 Å². The highest BCUT2D eigenvalue weighted by atomic mass is 32.2. The fourth-order valence-electron chi connectivity index (χ4n) is 6.06. The molecule has 226 valence electrons. The van der Waals surface area contributed by atoms with Crippen LogP contribution in [-0.4, -0.2) is 56.0 Å². The van der Waals surface area contributed by atoms with Crippen LogP contribution >= 0.6 is 0 Å². The zero-order valence-corrected chi connectivity index (χ0v) is 26.1. The number of aliphatic imine (C=N–C) groups is 1. The SMILES string of the molecule is C=CN=C1C(=C)C=CC=C1S(=O)(=O)Nc1ccc(C(=O)N2CCN(Cc3ccc(C(C)(C)CC4CCC4)cc3)CC2)cc1.